The van der Waals surface area contributed by atoms with Gasteiger partial charge in [0.1, 0.15) is 5.75 Å². The number of ether oxygens (including phenoxy) is 1. The minimum atomic E-state index is 0.0861. The molecule has 21 heavy (non-hydrogen) atoms. The molecule has 0 spiro atoms. The highest BCUT2D eigenvalue weighted by molar-refractivity contribution is 5.78. The van der Waals surface area contributed by atoms with E-state index in [1.807, 2.05) is 51.5 Å². The highest BCUT2D eigenvalue weighted by atomic mass is 16.5. The Labute approximate surface area is 125 Å². The molecule has 2 rings (SSSR count). The van der Waals surface area contributed by atoms with E-state index in [0.717, 1.165) is 16.9 Å². The molecule has 2 aromatic rings. The van der Waals surface area contributed by atoms with Crippen LogP contribution in [0.15, 0.2) is 36.7 Å². The molecule has 0 fully saturated rings. The normalized spacial score (nSPS) is 10.4. The van der Waals surface area contributed by atoms with Crippen molar-refractivity contribution in [3.8, 4) is 5.75 Å². The van der Waals surface area contributed by atoms with Gasteiger partial charge in [-0.05, 0) is 24.6 Å². The monoisotopic (exact) mass is 287 g/mol. The summed E-state index contributed by atoms with van der Waals surface area (Å²) in [6, 6.07) is 7.65. The van der Waals surface area contributed by atoms with Crippen molar-refractivity contribution in [2.75, 3.05) is 13.7 Å². The van der Waals surface area contributed by atoms with Gasteiger partial charge in [0.25, 0.3) is 0 Å². The Hall–Kier alpha value is -2.30. The molecule has 1 aromatic heterocycles. The molecular weight excluding hydrogens is 266 g/mol. The Kier molecular flexibility index (Phi) is 4.98. The van der Waals surface area contributed by atoms with E-state index in [1.54, 1.807) is 15.8 Å². The highest BCUT2D eigenvalue weighted by Crippen LogP contribution is 2.13. The minimum absolute atomic E-state index is 0.0861. The van der Waals surface area contributed by atoms with Crippen LogP contribution in [0.3, 0.4) is 0 Å². The number of carbonyl (C=O) groups is 1. The molecule has 1 heterocycles. The number of amides is 1. The van der Waals surface area contributed by atoms with Gasteiger partial charge in [0.2, 0.25) is 5.91 Å². The lowest BCUT2D eigenvalue weighted by molar-refractivity contribution is -0.129. The van der Waals surface area contributed by atoms with Crippen molar-refractivity contribution in [3.05, 3.63) is 47.8 Å². The molecular formula is C16H21N3O2. The lowest BCUT2D eigenvalue weighted by Crippen LogP contribution is -2.27. The highest BCUT2D eigenvalue weighted by Gasteiger charge is 2.11. The van der Waals surface area contributed by atoms with E-state index >= 15 is 0 Å². The van der Waals surface area contributed by atoms with Gasteiger partial charge in [-0.3, -0.25) is 9.48 Å². The number of aromatic nitrogens is 2. The average Bonchev–Trinajstić information content (AvgIpc) is 2.86. The first kappa shape index (κ1) is 15.1. The summed E-state index contributed by atoms with van der Waals surface area (Å²) in [4.78, 5) is 13.9. The van der Waals surface area contributed by atoms with Crippen LogP contribution in [0, 0.1) is 0 Å². The number of hydrogen-bond acceptors (Lipinski definition) is 3. The first-order valence-electron chi connectivity index (χ1n) is 7.01. The van der Waals surface area contributed by atoms with Crippen LogP contribution in [-0.4, -0.2) is 34.2 Å². The van der Waals surface area contributed by atoms with Crippen molar-refractivity contribution >= 4 is 5.91 Å². The smallest absolute Gasteiger partial charge is 0.227 e. The Morgan fingerprint density at radius 3 is 2.57 bits per heavy atom. The number of benzene rings is 1. The van der Waals surface area contributed by atoms with Gasteiger partial charge < -0.3 is 9.64 Å². The second-order valence-electron chi connectivity index (χ2n) is 5.03. The third-order valence-electron chi connectivity index (χ3n) is 3.19. The van der Waals surface area contributed by atoms with Crippen molar-refractivity contribution in [1.82, 2.24) is 14.7 Å². The molecule has 0 unspecified atom stereocenters. The number of aryl methyl sites for hydroxylation is 1. The van der Waals surface area contributed by atoms with Crippen molar-refractivity contribution in [1.29, 1.82) is 0 Å². The molecule has 0 aliphatic heterocycles. The van der Waals surface area contributed by atoms with Crippen LogP contribution in [0.5, 0.6) is 5.75 Å². The summed E-state index contributed by atoms with van der Waals surface area (Å²) in [5, 5.41) is 4.10. The van der Waals surface area contributed by atoms with Gasteiger partial charge in [-0.15, -0.1) is 0 Å². The van der Waals surface area contributed by atoms with Crippen LogP contribution < -0.4 is 4.74 Å². The fourth-order valence-corrected chi connectivity index (χ4v) is 2.10. The Bertz CT molecular complexity index is 590. The van der Waals surface area contributed by atoms with E-state index in [1.165, 1.54) is 0 Å². The lowest BCUT2D eigenvalue weighted by Gasteiger charge is -2.16. The van der Waals surface area contributed by atoms with Gasteiger partial charge in [0, 0.05) is 32.4 Å². The van der Waals surface area contributed by atoms with Gasteiger partial charge in [0.05, 0.1) is 19.2 Å². The first-order chi connectivity index (χ1) is 10.1. The molecule has 0 bridgehead atoms. The van der Waals surface area contributed by atoms with E-state index in [4.69, 9.17) is 4.74 Å². The van der Waals surface area contributed by atoms with Gasteiger partial charge >= 0.3 is 0 Å². The maximum atomic E-state index is 12.2. The summed E-state index contributed by atoms with van der Waals surface area (Å²) in [6.45, 7) is 3.17. The molecule has 0 aliphatic rings. The zero-order valence-corrected chi connectivity index (χ0v) is 12.7. The Morgan fingerprint density at radius 2 is 2.00 bits per heavy atom. The average molecular weight is 287 g/mol. The SMILES string of the molecule is CCOc1ccc(CC(=O)N(C)Cc2cnn(C)c2)cc1. The summed E-state index contributed by atoms with van der Waals surface area (Å²) in [5.41, 5.74) is 2.02. The second kappa shape index (κ2) is 6.92. The van der Waals surface area contributed by atoms with Gasteiger partial charge in [-0.2, -0.15) is 5.10 Å². The fourth-order valence-electron chi connectivity index (χ4n) is 2.10. The molecule has 1 amide bonds. The third-order valence-corrected chi connectivity index (χ3v) is 3.19. The van der Waals surface area contributed by atoms with Crippen molar-refractivity contribution < 1.29 is 9.53 Å². The number of hydrogen-bond donors (Lipinski definition) is 0. The number of carbonyl (C=O) groups excluding carboxylic acids is 1. The molecule has 0 aliphatic carbocycles. The number of likely N-dealkylation sites (N-methyl/N-ethyl adjacent to an activating group) is 1. The molecule has 0 atom stereocenters. The predicted molar refractivity (Wildman–Crippen MR) is 81.0 cm³/mol. The van der Waals surface area contributed by atoms with Crippen molar-refractivity contribution in [3.63, 3.8) is 0 Å². The maximum absolute atomic E-state index is 12.2. The summed E-state index contributed by atoms with van der Waals surface area (Å²) in [5.74, 6) is 0.917. The molecule has 1 aromatic carbocycles. The van der Waals surface area contributed by atoms with Gasteiger partial charge in [-0.25, -0.2) is 0 Å². The Morgan fingerprint density at radius 1 is 1.29 bits per heavy atom. The van der Waals surface area contributed by atoms with E-state index < -0.39 is 0 Å². The van der Waals surface area contributed by atoms with Crippen LogP contribution in [0.2, 0.25) is 0 Å². The molecule has 112 valence electrons. The van der Waals surface area contributed by atoms with Crippen LogP contribution in [0.4, 0.5) is 0 Å². The molecule has 0 saturated heterocycles. The van der Waals surface area contributed by atoms with Gasteiger partial charge in [-0.1, -0.05) is 12.1 Å². The van der Waals surface area contributed by atoms with Crippen LogP contribution in [0.25, 0.3) is 0 Å². The second-order valence-corrected chi connectivity index (χ2v) is 5.03. The van der Waals surface area contributed by atoms with E-state index in [0.29, 0.717) is 19.6 Å². The molecule has 0 N–H and O–H groups in total. The number of nitrogens with zero attached hydrogens (tertiary/aromatic N) is 3. The predicted octanol–water partition coefficient (Wildman–Crippen LogP) is 2.02. The number of rotatable bonds is 6. The van der Waals surface area contributed by atoms with Crippen LogP contribution in [-0.2, 0) is 24.8 Å². The molecule has 0 saturated carbocycles. The third kappa shape index (κ3) is 4.34. The van der Waals surface area contributed by atoms with Crippen LogP contribution in [0.1, 0.15) is 18.1 Å². The standard InChI is InChI=1S/C16H21N3O2/c1-4-21-15-7-5-13(6-8-15)9-16(20)18(2)11-14-10-17-19(3)12-14/h5-8,10,12H,4,9,11H2,1-3H3. The summed E-state index contributed by atoms with van der Waals surface area (Å²) in [7, 11) is 3.68. The van der Waals surface area contributed by atoms with Crippen molar-refractivity contribution in [2.24, 2.45) is 7.05 Å². The van der Waals surface area contributed by atoms with Crippen LogP contribution >= 0.6 is 0 Å². The maximum Gasteiger partial charge on any atom is 0.227 e. The summed E-state index contributed by atoms with van der Waals surface area (Å²) < 4.78 is 7.13. The van der Waals surface area contributed by atoms with Gasteiger partial charge in [0.15, 0.2) is 0 Å². The van der Waals surface area contributed by atoms with Crippen molar-refractivity contribution in [2.45, 2.75) is 19.9 Å². The zero-order chi connectivity index (χ0) is 15.2. The summed E-state index contributed by atoms with van der Waals surface area (Å²) in [6.07, 6.45) is 4.09. The van der Waals surface area contributed by atoms with E-state index in [2.05, 4.69) is 5.10 Å². The zero-order valence-electron chi connectivity index (χ0n) is 12.7. The molecule has 5 nitrogen and oxygen atoms in total. The minimum Gasteiger partial charge on any atom is -0.494 e. The van der Waals surface area contributed by atoms with E-state index in [-0.39, 0.29) is 5.91 Å². The molecule has 5 heteroatoms. The largest absolute Gasteiger partial charge is 0.494 e. The topological polar surface area (TPSA) is 47.4 Å². The quantitative estimate of drug-likeness (QED) is 0.816. The fraction of sp³-hybridized carbons (Fsp3) is 0.375. The Balaban J connectivity index is 1.90. The van der Waals surface area contributed by atoms with E-state index in [9.17, 15) is 4.79 Å². The lowest BCUT2D eigenvalue weighted by atomic mass is 10.1. The summed E-state index contributed by atoms with van der Waals surface area (Å²) >= 11 is 0. The molecule has 0 radical (unpaired) electrons. The first-order valence-corrected chi connectivity index (χ1v) is 7.01.